The Morgan fingerprint density at radius 2 is 0.412 bits per heavy atom. The van der Waals surface area contributed by atoms with Crippen LogP contribution in [0.4, 0.5) is 0 Å². The van der Waals surface area contributed by atoms with Crippen molar-refractivity contribution in [1.82, 2.24) is 0 Å². The van der Waals surface area contributed by atoms with Gasteiger partial charge in [-0.3, -0.25) is 0 Å². The van der Waals surface area contributed by atoms with Crippen LogP contribution in [0.3, 0.4) is 0 Å². The van der Waals surface area contributed by atoms with Gasteiger partial charge in [-0.25, -0.2) is 0 Å². The number of hydrogen-bond donors (Lipinski definition) is 0. The number of rotatable bonds is 0. The summed E-state index contributed by atoms with van der Waals surface area (Å²) in [7, 11) is 0. The van der Waals surface area contributed by atoms with Gasteiger partial charge in [-0.05, 0) is 0 Å². The summed E-state index contributed by atoms with van der Waals surface area (Å²) in [6.07, 6.45) is 0. The maximum Gasteiger partial charge on any atom is 0.0689 e. The monoisotopic (exact) mass is 354 g/mol. The fourth-order valence-electron chi connectivity index (χ4n) is 0. The maximum absolute atomic E-state index is 8.25. The van der Waals surface area contributed by atoms with Crippen molar-refractivity contribution < 1.29 is 40.8 Å². The SMILES string of the molecule is O=[N+]([O-])[O-].O=[N+]([O-])[O-].O=[N+]([O-])[O-].O=[N+]([O-])[O-].[Pd]. The first kappa shape index (κ1) is 29.3. The molecular formula is N4O12Pd-4. The zero-order chi connectivity index (χ0) is 14.3. The first-order valence-electron chi connectivity index (χ1n) is 2.19. The van der Waals surface area contributed by atoms with Crippen LogP contribution < -0.4 is 0 Å². The summed E-state index contributed by atoms with van der Waals surface area (Å²) in [5.74, 6) is 0. The normalized spacial score (nSPS) is 5.65. The number of hydrogen-bond acceptors (Lipinski definition) is 12. The molecule has 0 amide bonds. The molecule has 0 aromatic carbocycles. The predicted octanol–water partition coefficient (Wildman–Crippen LogP) is -0.959. The summed E-state index contributed by atoms with van der Waals surface area (Å²) >= 11 is 0. The Hall–Kier alpha value is -2.54. The molecule has 0 heterocycles. The second-order valence-electron chi connectivity index (χ2n) is 0.894. The van der Waals surface area contributed by atoms with E-state index < -0.39 is 20.3 Å². The fraction of sp³-hybridized carbons (Fsp3) is 0. The third-order valence-electron chi connectivity index (χ3n) is 0. The van der Waals surface area contributed by atoms with Crippen LogP contribution in [-0.2, 0) is 20.4 Å². The standard InChI is InChI=1S/4NO3.Pd/c4*2-1(3)4;/q4*-1;. The molecule has 0 saturated carbocycles. The molecule has 0 aromatic heterocycles. The van der Waals surface area contributed by atoms with Crippen LogP contribution in [0.5, 0.6) is 0 Å². The zero-order valence-corrected chi connectivity index (χ0v) is 8.56. The molecule has 106 valence electrons. The molecule has 0 aromatic rings. The van der Waals surface area contributed by atoms with E-state index in [0.29, 0.717) is 0 Å². The molecule has 17 heavy (non-hydrogen) atoms. The number of nitrogens with zero attached hydrogens (tertiary/aromatic N) is 4. The van der Waals surface area contributed by atoms with E-state index in [9.17, 15) is 0 Å². The molecule has 0 aliphatic carbocycles. The van der Waals surface area contributed by atoms with E-state index in [1.807, 2.05) is 0 Å². The maximum atomic E-state index is 8.25. The van der Waals surface area contributed by atoms with E-state index in [4.69, 9.17) is 61.3 Å². The van der Waals surface area contributed by atoms with Crippen LogP contribution in [0.2, 0.25) is 0 Å². The van der Waals surface area contributed by atoms with Gasteiger partial charge in [-0.1, -0.05) is 0 Å². The topological polar surface area (TPSA) is 265 Å². The van der Waals surface area contributed by atoms with Crippen LogP contribution in [0.15, 0.2) is 0 Å². The molecule has 0 atom stereocenters. The van der Waals surface area contributed by atoms with Crippen LogP contribution in [-0.4, -0.2) is 20.3 Å². The minimum absolute atomic E-state index is 0. The smallest absolute Gasteiger partial charge is 0.0689 e. The Labute approximate surface area is 103 Å². The van der Waals surface area contributed by atoms with E-state index in [1.165, 1.54) is 0 Å². The first-order valence-corrected chi connectivity index (χ1v) is 2.19. The largest absolute Gasteiger partial charge is 0.356 e. The molecule has 0 N–H and O–H groups in total. The van der Waals surface area contributed by atoms with Crippen LogP contribution in [0.1, 0.15) is 0 Å². The van der Waals surface area contributed by atoms with Crippen molar-refractivity contribution in [3.05, 3.63) is 61.3 Å². The quantitative estimate of drug-likeness (QED) is 0.289. The van der Waals surface area contributed by atoms with Crippen LogP contribution in [0, 0.1) is 61.3 Å². The molecular weight excluding hydrogens is 354 g/mol. The molecule has 0 aliphatic rings. The molecule has 0 fully saturated rings. The Balaban J connectivity index is -0.0000000369. The third kappa shape index (κ3) is 275. The molecule has 0 spiro atoms. The molecule has 0 bridgehead atoms. The van der Waals surface area contributed by atoms with E-state index in [0.717, 1.165) is 0 Å². The Bertz CT molecular complexity index is 159. The van der Waals surface area contributed by atoms with E-state index in [1.54, 1.807) is 0 Å². The van der Waals surface area contributed by atoms with Gasteiger partial charge in [0.25, 0.3) is 0 Å². The second kappa shape index (κ2) is 23.4. The summed E-state index contributed by atoms with van der Waals surface area (Å²) in [4.78, 5) is 33.0. The molecule has 0 saturated heterocycles. The predicted molar refractivity (Wildman–Crippen MR) is 41.4 cm³/mol. The summed E-state index contributed by atoms with van der Waals surface area (Å²) in [5, 5.41) is 59.0. The van der Waals surface area contributed by atoms with Gasteiger partial charge in [0.15, 0.2) is 0 Å². The van der Waals surface area contributed by atoms with Crippen molar-refractivity contribution in [3.63, 3.8) is 0 Å². The van der Waals surface area contributed by atoms with Gasteiger partial charge in [-0.15, -0.1) is 0 Å². The fourth-order valence-corrected chi connectivity index (χ4v) is 0. The Kier molecular flexibility index (Phi) is 40.2. The second-order valence-corrected chi connectivity index (χ2v) is 0.894. The van der Waals surface area contributed by atoms with Crippen molar-refractivity contribution in [2.45, 2.75) is 0 Å². The van der Waals surface area contributed by atoms with E-state index in [2.05, 4.69) is 0 Å². The van der Waals surface area contributed by atoms with Gasteiger partial charge >= 0.3 is 0 Å². The Morgan fingerprint density at radius 1 is 0.412 bits per heavy atom. The van der Waals surface area contributed by atoms with Crippen molar-refractivity contribution in [1.29, 1.82) is 0 Å². The molecule has 0 unspecified atom stereocenters. The van der Waals surface area contributed by atoms with Crippen molar-refractivity contribution in [2.24, 2.45) is 0 Å². The summed E-state index contributed by atoms with van der Waals surface area (Å²) in [5.41, 5.74) is 0. The van der Waals surface area contributed by atoms with E-state index >= 15 is 0 Å². The van der Waals surface area contributed by atoms with Crippen molar-refractivity contribution in [3.8, 4) is 0 Å². The molecule has 0 aliphatic heterocycles. The molecule has 0 radical (unpaired) electrons. The van der Waals surface area contributed by atoms with Crippen LogP contribution in [0.25, 0.3) is 0 Å². The van der Waals surface area contributed by atoms with Gasteiger partial charge in [-0.2, -0.15) is 0 Å². The third-order valence-corrected chi connectivity index (χ3v) is 0. The van der Waals surface area contributed by atoms with Gasteiger partial charge in [0.05, 0.1) is 20.3 Å². The van der Waals surface area contributed by atoms with Crippen LogP contribution >= 0.6 is 0 Å². The average Bonchev–Trinajstić information content (AvgIpc) is 1.76. The molecule has 17 heteroatoms. The summed E-state index contributed by atoms with van der Waals surface area (Å²) < 4.78 is 0. The minimum Gasteiger partial charge on any atom is -0.356 e. The molecule has 0 rings (SSSR count). The summed E-state index contributed by atoms with van der Waals surface area (Å²) in [6, 6.07) is 0. The van der Waals surface area contributed by atoms with Crippen molar-refractivity contribution >= 4 is 0 Å². The van der Waals surface area contributed by atoms with Gasteiger partial charge in [0.1, 0.15) is 0 Å². The van der Waals surface area contributed by atoms with Crippen molar-refractivity contribution in [2.75, 3.05) is 0 Å². The Morgan fingerprint density at radius 3 is 0.412 bits per heavy atom. The average molecular weight is 354 g/mol. The minimum atomic E-state index is -1.75. The zero-order valence-electron chi connectivity index (χ0n) is 7.00. The van der Waals surface area contributed by atoms with Gasteiger partial charge in [0.2, 0.25) is 0 Å². The van der Waals surface area contributed by atoms with E-state index in [-0.39, 0.29) is 20.4 Å². The first-order chi connectivity index (χ1) is 6.93. The van der Waals surface area contributed by atoms with Gasteiger partial charge < -0.3 is 61.3 Å². The molecule has 16 nitrogen and oxygen atoms in total. The summed E-state index contributed by atoms with van der Waals surface area (Å²) in [6.45, 7) is 0. The van der Waals surface area contributed by atoms with Gasteiger partial charge in [0, 0.05) is 20.4 Å².